The van der Waals surface area contributed by atoms with Gasteiger partial charge in [0, 0.05) is 18.0 Å². The molecule has 0 aliphatic carbocycles. The molecule has 0 saturated carbocycles. The highest BCUT2D eigenvalue weighted by Crippen LogP contribution is 2.36. The Morgan fingerprint density at radius 2 is 1.78 bits per heavy atom. The summed E-state index contributed by atoms with van der Waals surface area (Å²) in [5.41, 5.74) is 1.43. The van der Waals surface area contributed by atoms with Gasteiger partial charge in [-0.25, -0.2) is 0 Å². The van der Waals surface area contributed by atoms with Crippen molar-refractivity contribution in [3.05, 3.63) is 53.9 Å². The maximum atomic E-state index is 10.4. The number of aliphatic hydroxyl groups excluding tert-OH is 1. The number of aliphatic hydroxyl groups is 1. The highest BCUT2D eigenvalue weighted by atomic mass is 16.5. The second-order valence-electron chi connectivity index (χ2n) is 3.77. The number of hydrogen-bond donors (Lipinski definition) is 1. The zero-order valence-electron chi connectivity index (χ0n) is 10.3. The number of nitrogens with zero attached hydrogens (tertiary/aromatic N) is 1. The van der Waals surface area contributed by atoms with Crippen LogP contribution in [0.4, 0.5) is 0 Å². The first kappa shape index (κ1) is 12.4. The number of ether oxygens (including phenoxy) is 2. The van der Waals surface area contributed by atoms with E-state index in [0.717, 1.165) is 5.56 Å². The van der Waals surface area contributed by atoms with Crippen molar-refractivity contribution < 1.29 is 14.6 Å². The Bertz CT molecular complexity index is 514. The Morgan fingerprint density at radius 1 is 1.06 bits per heavy atom. The molecule has 2 rings (SSSR count). The van der Waals surface area contributed by atoms with Gasteiger partial charge in [-0.05, 0) is 23.8 Å². The molecule has 94 valence electrons. The van der Waals surface area contributed by atoms with Gasteiger partial charge in [-0.3, -0.25) is 4.98 Å². The molecule has 4 nitrogen and oxygen atoms in total. The smallest absolute Gasteiger partial charge is 0.166 e. The predicted octanol–water partition coefficient (Wildman–Crippen LogP) is 2.18. The van der Waals surface area contributed by atoms with Gasteiger partial charge in [0.25, 0.3) is 0 Å². The van der Waals surface area contributed by atoms with Crippen LogP contribution in [0.5, 0.6) is 11.5 Å². The van der Waals surface area contributed by atoms with Crippen molar-refractivity contribution in [2.75, 3.05) is 14.2 Å². The highest BCUT2D eigenvalue weighted by molar-refractivity contribution is 5.49. The van der Waals surface area contributed by atoms with E-state index in [-0.39, 0.29) is 0 Å². The van der Waals surface area contributed by atoms with Crippen molar-refractivity contribution in [3.8, 4) is 11.5 Å². The van der Waals surface area contributed by atoms with Crippen LogP contribution in [0.1, 0.15) is 17.2 Å². The van der Waals surface area contributed by atoms with Crippen molar-refractivity contribution in [2.24, 2.45) is 0 Å². The van der Waals surface area contributed by atoms with Gasteiger partial charge in [-0.15, -0.1) is 0 Å². The van der Waals surface area contributed by atoms with Gasteiger partial charge in [-0.2, -0.15) is 0 Å². The molecule has 4 heteroatoms. The van der Waals surface area contributed by atoms with Crippen LogP contribution in [0.2, 0.25) is 0 Å². The fraction of sp³-hybridized carbons (Fsp3) is 0.214. The monoisotopic (exact) mass is 245 g/mol. The summed E-state index contributed by atoms with van der Waals surface area (Å²) in [6.45, 7) is 0. The van der Waals surface area contributed by atoms with Gasteiger partial charge in [0.1, 0.15) is 6.10 Å². The van der Waals surface area contributed by atoms with Gasteiger partial charge < -0.3 is 14.6 Å². The van der Waals surface area contributed by atoms with Crippen molar-refractivity contribution in [1.29, 1.82) is 0 Å². The fourth-order valence-corrected chi connectivity index (χ4v) is 1.85. The molecule has 0 amide bonds. The van der Waals surface area contributed by atoms with Crippen molar-refractivity contribution in [2.45, 2.75) is 6.10 Å². The summed E-state index contributed by atoms with van der Waals surface area (Å²) in [4.78, 5) is 3.93. The number of rotatable bonds is 4. The van der Waals surface area contributed by atoms with E-state index in [1.165, 1.54) is 0 Å². The Morgan fingerprint density at radius 3 is 2.39 bits per heavy atom. The third kappa shape index (κ3) is 2.28. The molecular weight excluding hydrogens is 230 g/mol. The fourth-order valence-electron chi connectivity index (χ4n) is 1.85. The van der Waals surface area contributed by atoms with Crippen molar-refractivity contribution in [3.63, 3.8) is 0 Å². The largest absolute Gasteiger partial charge is 0.493 e. The van der Waals surface area contributed by atoms with Gasteiger partial charge in [-0.1, -0.05) is 12.1 Å². The number of aromatic nitrogens is 1. The molecule has 0 radical (unpaired) electrons. The average molecular weight is 245 g/mol. The molecule has 1 aromatic carbocycles. The van der Waals surface area contributed by atoms with Crippen LogP contribution in [0.25, 0.3) is 0 Å². The van der Waals surface area contributed by atoms with Gasteiger partial charge in [0.05, 0.1) is 14.2 Å². The summed E-state index contributed by atoms with van der Waals surface area (Å²) in [6, 6.07) is 8.96. The van der Waals surface area contributed by atoms with Crippen LogP contribution in [0.3, 0.4) is 0 Å². The maximum absolute atomic E-state index is 10.4. The zero-order valence-corrected chi connectivity index (χ0v) is 10.3. The summed E-state index contributed by atoms with van der Waals surface area (Å²) in [5, 5.41) is 10.4. The van der Waals surface area contributed by atoms with Crippen LogP contribution in [-0.2, 0) is 0 Å². The summed E-state index contributed by atoms with van der Waals surface area (Å²) >= 11 is 0. The first-order chi connectivity index (χ1) is 8.77. The van der Waals surface area contributed by atoms with E-state index >= 15 is 0 Å². The van der Waals surface area contributed by atoms with E-state index < -0.39 is 6.10 Å². The number of pyridine rings is 1. The average Bonchev–Trinajstić information content (AvgIpc) is 2.46. The topological polar surface area (TPSA) is 51.6 Å². The molecule has 1 N–H and O–H groups in total. The summed E-state index contributed by atoms with van der Waals surface area (Å²) in [5.74, 6) is 1.15. The van der Waals surface area contributed by atoms with Crippen molar-refractivity contribution in [1.82, 2.24) is 4.98 Å². The lowest BCUT2D eigenvalue weighted by Crippen LogP contribution is -2.03. The Balaban J connectivity index is 2.45. The summed E-state index contributed by atoms with van der Waals surface area (Å²) < 4.78 is 10.5. The van der Waals surface area contributed by atoms with Crippen LogP contribution in [0.15, 0.2) is 42.7 Å². The van der Waals surface area contributed by atoms with Gasteiger partial charge >= 0.3 is 0 Å². The molecule has 0 aliphatic rings. The first-order valence-corrected chi connectivity index (χ1v) is 5.56. The van der Waals surface area contributed by atoms with Crippen LogP contribution in [-0.4, -0.2) is 24.3 Å². The molecule has 1 atom stereocenters. The lowest BCUT2D eigenvalue weighted by Gasteiger charge is -2.17. The quantitative estimate of drug-likeness (QED) is 0.897. The third-order valence-electron chi connectivity index (χ3n) is 2.75. The van der Waals surface area contributed by atoms with Crippen LogP contribution >= 0.6 is 0 Å². The Hall–Kier alpha value is -2.07. The Labute approximate surface area is 106 Å². The molecule has 0 aliphatic heterocycles. The second-order valence-corrected chi connectivity index (χ2v) is 3.77. The molecular formula is C14H15NO3. The molecule has 18 heavy (non-hydrogen) atoms. The molecule has 2 aromatic rings. The van der Waals surface area contributed by atoms with Crippen LogP contribution < -0.4 is 9.47 Å². The van der Waals surface area contributed by atoms with Crippen LogP contribution in [0, 0.1) is 0 Å². The minimum Gasteiger partial charge on any atom is -0.493 e. The minimum absolute atomic E-state index is 0.546. The molecule has 0 bridgehead atoms. The molecule has 1 aromatic heterocycles. The summed E-state index contributed by atoms with van der Waals surface area (Å²) in [6.07, 6.45) is 2.52. The number of para-hydroxylation sites is 1. The number of methoxy groups -OCH3 is 2. The summed E-state index contributed by atoms with van der Waals surface area (Å²) in [7, 11) is 3.13. The first-order valence-electron chi connectivity index (χ1n) is 5.56. The molecule has 0 saturated heterocycles. The lowest BCUT2D eigenvalue weighted by atomic mass is 10.0. The highest BCUT2D eigenvalue weighted by Gasteiger charge is 2.18. The van der Waals surface area contributed by atoms with E-state index in [1.54, 1.807) is 44.8 Å². The van der Waals surface area contributed by atoms with Gasteiger partial charge in [0.2, 0.25) is 0 Å². The van der Waals surface area contributed by atoms with E-state index in [0.29, 0.717) is 17.1 Å². The molecule has 1 heterocycles. The molecule has 0 unspecified atom stereocenters. The molecule has 0 fully saturated rings. The second kappa shape index (κ2) is 5.51. The maximum Gasteiger partial charge on any atom is 0.166 e. The predicted molar refractivity (Wildman–Crippen MR) is 67.8 cm³/mol. The number of hydrogen-bond acceptors (Lipinski definition) is 4. The lowest BCUT2D eigenvalue weighted by molar-refractivity contribution is 0.213. The van der Waals surface area contributed by atoms with Gasteiger partial charge in [0.15, 0.2) is 11.5 Å². The normalized spacial score (nSPS) is 11.9. The molecule has 0 spiro atoms. The van der Waals surface area contributed by atoms with E-state index in [9.17, 15) is 5.11 Å². The third-order valence-corrected chi connectivity index (χ3v) is 2.75. The minimum atomic E-state index is -0.766. The zero-order chi connectivity index (χ0) is 13.0. The number of benzene rings is 1. The van der Waals surface area contributed by atoms with E-state index in [2.05, 4.69) is 4.98 Å². The van der Waals surface area contributed by atoms with Crippen molar-refractivity contribution >= 4 is 0 Å². The standard InChI is InChI=1S/C14H15NO3/c1-17-12-5-3-4-11(14(12)18-2)13(16)10-6-8-15-9-7-10/h3-9,13,16H,1-2H3/t13-/m0/s1. The Kier molecular flexibility index (Phi) is 3.79. The SMILES string of the molecule is COc1cccc([C@@H](O)c2ccncc2)c1OC. The van der Waals surface area contributed by atoms with E-state index in [4.69, 9.17) is 9.47 Å². The van der Waals surface area contributed by atoms with E-state index in [1.807, 2.05) is 12.1 Å².